The predicted molar refractivity (Wildman–Crippen MR) is 114 cm³/mol. The Morgan fingerprint density at radius 3 is 2.58 bits per heavy atom. The minimum absolute atomic E-state index is 0. The Balaban J connectivity index is 0.00000338. The Hall–Kier alpha value is -2.16. The van der Waals surface area contributed by atoms with Gasteiger partial charge in [-0.1, -0.05) is 35.9 Å². The van der Waals surface area contributed by atoms with Crippen molar-refractivity contribution in [1.82, 2.24) is 10.6 Å². The molecule has 0 aliphatic rings. The van der Waals surface area contributed by atoms with Gasteiger partial charge in [-0.15, -0.1) is 24.0 Å². The smallest absolute Gasteiger partial charge is 0.243 e. The van der Waals surface area contributed by atoms with E-state index in [0.29, 0.717) is 24.7 Å². The summed E-state index contributed by atoms with van der Waals surface area (Å²) in [5.74, 6) is -0.107. The highest BCUT2D eigenvalue weighted by molar-refractivity contribution is 14.0. The normalized spacial score (nSPS) is 10.7. The van der Waals surface area contributed by atoms with Gasteiger partial charge in [0.2, 0.25) is 5.91 Å². The molecule has 26 heavy (non-hydrogen) atoms. The summed E-state index contributed by atoms with van der Waals surface area (Å²) >= 11 is 0. The van der Waals surface area contributed by atoms with E-state index >= 15 is 0 Å². The van der Waals surface area contributed by atoms with E-state index in [9.17, 15) is 9.18 Å². The van der Waals surface area contributed by atoms with E-state index in [4.69, 9.17) is 0 Å². The van der Waals surface area contributed by atoms with Crippen molar-refractivity contribution in [2.45, 2.75) is 20.4 Å². The summed E-state index contributed by atoms with van der Waals surface area (Å²) in [6.07, 6.45) is 0. The fraction of sp³-hybridized carbons (Fsp3) is 0.263. The second-order valence-corrected chi connectivity index (χ2v) is 5.60. The van der Waals surface area contributed by atoms with Crippen LogP contribution in [0.3, 0.4) is 0 Å². The first-order chi connectivity index (χ1) is 12.1. The molecule has 0 saturated heterocycles. The topological polar surface area (TPSA) is 65.5 Å². The monoisotopic (exact) mass is 470 g/mol. The van der Waals surface area contributed by atoms with Crippen molar-refractivity contribution in [1.29, 1.82) is 0 Å². The molecule has 0 fully saturated rings. The maximum absolute atomic E-state index is 13.1. The van der Waals surface area contributed by atoms with Gasteiger partial charge in [-0.05, 0) is 37.6 Å². The average Bonchev–Trinajstić information content (AvgIpc) is 2.57. The van der Waals surface area contributed by atoms with Gasteiger partial charge in [-0.25, -0.2) is 9.38 Å². The number of carbonyl (C=O) groups excluding carboxylic acids is 1. The first-order valence-electron chi connectivity index (χ1n) is 8.20. The number of hydrogen-bond donors (Lipinski definition) is 3. The lowest BCUT2D eigenvalue weighted by Gasteiger charge is -2.11. The number of halogens is 2. The van der Waals surface area contributed by atoms with Crippen molar-refractivity contribution >= 4 is 41.5 Å². The molecule has 5 nitrogen and oxygen atoms in total. The zero-order chi connectivity index (χ0) is 18.1. The van der Waals surface area contributed by atoms with Crippen LogP contribution in [0.2, 0.25) is 0 Å². The van der Waals surface area contributed by atoms with Gasteiger partial charge < -0.3 is 16.0 Å². The third-order valence-corrected chi connectivity index (χ3v) is 3.37. The number of anilines is 1. The molecule has 0 saturated carbocycles. The van der Waals surface area contributed by atoms with E-state index in [0.717, 1.165) is 5.56 Å². The highest BCUT2D eigenvalue weighted by atomic mass is 127. The summed E-state index contributed by atoms with van der Waals surface area (Å²) in [5, 5.41) is 8.71. The number of rotatable bonds is 6. The quantitative estimate of drug-likeness (QED) is 0.344. The van der Waals surface area contributed by atoms with E-state index in [2.05, 4.69) is 27.0 Å². The minimum Gasteiger partial charge on any atom is -0.357 e. The van der Waals surface area contributed by atoms with Crippen molar-refractivity contribution < 1.29 is 9.18 Å². The molecule has 0 spiro atoms. The van der Waals surface area contributed by atoms with Crippen LogP contribution in [0, 0.1) is 12.7 Å². The van der Waals surface area contributed by atoms with Crippen LogP contribution in [0.25, 0.3) is 0 Å². The number of carbonyl (C=O) groups is 1. The van der Waals surface area contributed by atoms with Gasteiger partial charge >= 0.3 is 0 Å². The van der Waals surface area contributed by atoms with E-state index in [1.54, 1.807) is 12.1 Å². The number of amides is 1. The summed E-state index contributed by atoms with van der Waals surface area (Å²) in [4.78, 5) is 16.4. The molecule has 0 unspecified atom stereocenters. The molecule has 0 aliphatic heterocycles. The Labute approximate surface area is 170 Å². The summed E-state index contributed by atoms with van der Waals surface area (Å²) in [6, 6.07) is 13.9. The van der Waals surface area contributed by atoms with Gasteiger partial charge in [-0.3, -0.25) is 4.79 Å². The highest BCUT2D eigenvalue weighted by Gasteiger charge is 2.05. The molecule has 0 aromatic heterocycles. The second kappa shape index (κ2) is 11.5. The van der Waals surface area contributed by atoms with Crippen LogP contribution in [0.5, 0.6) is 0 Å². The molecule has 0 atom stereocenters. The van der Waals surface area contributed by atoms with Crippen LogP contribution in [-0.2, 0) is 11.3 Å². The molecule has 0 bridgehead atoms. The third kappa shape index (κ3) is 7.81. The molecular formula is C19H24FIN4O. The molecule has 0 aliphatic carbocycles. The third-order valence-electron chi connectivity index (χ3n) is 3.37. The lowest BCUT2D eigenvalue weighted by Crippen LogP contribution is -2.41. The van der Waals surface area contributed by atoms with Gasteiger partial charge in [0.05, 0.1) is 13.1 Å². The number of hydrogen-bond acceptors (Lipinski definition) is 2. The molecule has 3 N–H and O–H groups in total. The molecule has 2 aromatic carbocycles. The maximum Gasteiger partial charge on any atom is 0.243 e. The van der Waals surface area contributed by atoms with Crippen LogP contribution in [0.4, 0.5) is 10.1 Å². The Morgan fingerprint density at radius 1 is 1.12 bits per heavy atom. The molecule has 0 heterocycles. The average molecular weight is 470 g/mol. The van der Waals surface area contributed by atoms with E-state index < -0.39 is 0 Å². The zero-order valence-corrected chi connectivity index (χ0v) is 17.2. The number of nitrogens with one attached hydrogen (secondary N) is 3. The zero-order valence-electron chi connectivity index (χ0n) is 14.9. The Kier molecular flexibility index (Phi) is 9.64. The van der Waals surface area contributed by atoms with Crippen molar-refractivity contribution in [2.75, 3.05) is 18.4 Å². The van der Waals surface area contributed by atoms with E-state index in [-0.39, 0.29) is 42.2 Å². The van der Waals surface area contributed by atoms with Gasteiger partial charge in [-0.2, -0.15) is 0 Å². The van der Waals surface area contributed by atoms with E-state index in [1.165, 1.54) is 17.7 Å². The number of nitrogens with zero attached hydrogens (tertiary/aromatic N) is 1. The molecular weight excluding hydrogens is 446 g/mol. The van der Waals surface area contributed by atoms with Crippen LogP contribution in [0.1, 0.15) is 18.1 Å². The molecule has 2 aromatic rings. The number of aryl methyl sites for hydroxylation is 1. The second-order valence-electron chi connectivity index (χ2n) is 5.60. The van der Waals surface area contributed by atoms with Crippen molar-refractivity contribution in [2.24, 2.45) is 4.99 Å². The van der Waals surface area contributed by atoms with E-state index in [1.807, 2.05) is 32.0 Å². The van der Waals surface area contributed by atoms with Crippen molar-refractivity contribution in [3.05, 3.63) is 65.5 Å². The summed E-state index contributed by atoms with van der Waals surface area (Å²) in [5.41, 5.74) is 2.70. The summed E-state index contributed by atoms with van der Waals surface area (Å²) in [6.45, 7) is 5.23. The molecule has 1 amide bonds. The lowest BCUT2D eigenvalue weighted by molar-refractivity contribution is -0.115. The minimum atomic E-state index is -0.390. The lowest BCUT2D eigenvalue weighted by atomic mass is 10.1. The van der Waals surface area contributed by atoms with Crippen LogP contribution in [-0.4, -0.2) is 25.0 Å². The standard InChI is InChI=1S/C19H23FN4O.HI/c1-3-21-19(22-12-15-7-4-6-14(2)10-15)23-13-18(25)24-17-9-5-8-16(20)11-17;/h4-11H,3,12-13H2,1-2H3,(H,24,25)(H2,21,22,23);1H. The summed E-state index contributed by atoms with van der Waals surface area (Å²) in [7, 11) is 0. The SMILES string of the molecule is CCNC(=NCc1cccc(C)c1)NCC(=O)Nc1cccc(F)c1.I. The Bertz CT molecular complexity index is 752. The van der Waals surface area contributed by atoms with Gasteiger partial charge in [0, 0.05) is 12.2 Å². The molecule has 7 heteroatoms. The number of benzene rings is 2. The molecule has 140 valence electrons. The van der Waals surface area contributed by atoms with Gasteiger partial charge in [0.15, 0.2) is 5.96 Å². The van der Waals surface area contributed by atoms with Crippen molar-refractivity contribution in [3.8, 4) is 0 Å². The number of aliphatic imine (C=N–C) groups is 1. The maximum atomic E-state index is 13.1. The van der Waals surface area contributed by atoms with Gasteiger partial charge in [0.25, 0.3) is 0 Å². The molecule has 0 radical (unpaired) electrons. The van der Waals surface area contributed by atoms with Crippen LogP contribution >= 0.6 is 24.0 Å². The first kappa shape index (κ1) is 21.9. The molecule has 2 rings (SSSR count). The Morgan fingerprint density at radius 2 is 1.88 bits per heavy atom. The fourth-order valence-electron chi connectivity index (χ4n) is 2.26. The highest BCUT2D eigenvalue weighted by Crippen LogP contribution is 2.08. The van der Waals surface area contributed by atoms with Crippen LogP contribution < -0.4 is 16.0 Å². The van der Waals surface area contributed by atoms with Crippen molar-refractivity contribution in [3.63, 3.8) is 0 Å². The summed E-state index contributed by atoms with van der Waals surface area (Å²) < 4.78 is 13.1. The first-order valence-corrected chi connectivity index (χ1v) is 8.20. The number of guanidine groups is 1. The largest absolute Gasteiger partial charge is 0.357 e. The van der Waals surface area contributed by atoms with Crippen LogP contribution in [0.15, 0.2) is 53.5 Å². The van der Waals surface area contributed by atoms with Gasteiger partial charge in [0.1, 0.15) is 5.82 Å². The predicted octanol–water partition coefficient (Wildman–Crippen LogP) is 3.45. The fourth-order valence-corrected chi connectivity index (χ4v) is 2.26.